The zero-order valence-electron chi connectivity index (χ0n) is 13.7. The third-order valence-corrected chi connectivity index (χ3v) is 5.94. The van der Waals surface area contributed by atoms with Crippen LogP contribution in [0.4, 0.5) is 5.69 Å². The van der Waals surface area contributed by atoms with Crippen molar-refractivity contribution in [2.75, 3.05) is 5.73 Å². The van der Waals surface area contributed by atoms with Gasteiger partial charge in [-0.2, -0.15) is 0 Å². The monoisotopic (exact) mass is 362 g/mol. The molecule has 0 saturated heterocycles. The lowest BCUT2D eigenvalue weighted by Crippen LogP contribution is -2.08. The predicted octanol–water partition coefficient (Wildman–Crippen LogP) is 4.60. The smallest absolute Gasteiger partial charge is 0.348 e. The number of thiophene rings is 1. The lowest BCUT2D eigenvalue weighted by atomic mass is 9.85. The van der Waals surface area contributed by atoms with E-state index in [0.717, 1.165) is 46.6 Å². The Morgan fingerprint density at radius 1 is 1.19 bits per heavy atom. The number of anilines is 1. The second-order valence-corrected chi connectivity index (χ2v) is 7.28. The summed E-state index contributed by atoms with van der Waals surface area (Å²) in [7, 11) is 0. The Kier molecular flexibility index (Phi) is 3.17. The van der Waals surface area contributed by atoms with Crippen molar-refractivity contribution < 1.29 is 14.3 Å². The van der Waals surface area contributed by atoms with Crippen molar-refractivity contribution in [1.82, 2.24) is 4.98 Å². The zero-order valence-corrected chi connectivity index (χ0v) is 14.5. The average Bonchev–Trinajstić information content (AvgIpc) is 3.28. The zero-order chi connectivity index (χ0) is 17.8. The number of pyridine rings is 1. The summed E-state index contributed by atoms with van der Waals surface area (Å²) in [5, 5.41) is 10.2. The minimum Gasteiger partial charge on any atom is -0.477 e. The van der Waals surface area contributed by atoms with Crippen LogP contribution in [0.2, 0.25) is 0 Å². The molecule has 0 radical (unpaired) electrons. The molecule has 0 amide bonds. The molecule has 0 spiro atoms. The number of rotatable bonds is 2. The Bertz CT molecular complexity index is 1180. The van der Waals surface area contributed by atoms with Crippen LogP contribution in [0.5, 0.6) is 0 Å². The van der Waals surface area contributed by atoms with Crippen molar-refractivity contribution in [2.45, 2.75) is 12.8 Å². The molecule has 26 heavy (non-hydrogen) atoms. The maximum atomic E-state index is 11.6. The first-order valence-electron chi connectivity index (χ1n) is 8.25. The average molecular weight is 362 g/mol. The molecule has 3 heterocycles. The van der Waals surface area contributed by atoms with E-state index in [2.05, 4.69) is 12.1 Å². The van der Waals surface area contributed by atoms with Gasteiger partial charge in [0, 0.05) is 16.5 Å². The molecule has 0 saturated carbocycles. The van der Waals surface area contributed by atoms with Gasteiger partial charge in [-0.1, -0.05) is 24.3 Å². The second-order valence-electron chi connectivity index (χ2n) is 6.28. The highest BCUT2D eigenvalue weighted by atomic mass is 32.1. The standard InChI is InChI=1S/C20H14N2O3S/c21-16-15-14(13-6-3-9-25-13)12-8-7-10-4-1-2-5-11(10)17(12)22-19(15)26-18(16)20(23)24/h1-6,9H,7-8,21H2,(H,23,24). The van der Waals surface area contributed by atoms with Gasteiger partial charge in [-0.3, -0.25) is 0 Å². The third-order valence-electron chi connectivity index (χ3n) is 4.86. The number of nitrogen functional groups attached to an aromatic ring is 1. The predicted molar refractivity (Wildman–Crippen MR) is 102 cm³/mol. The van der Waals surface area contributed by atoms with E-state index < -0.39 is 5.97 Å². The lowest BCUT2D eigenvalue weighted by Gasteiger charge is -2.21. The number of nitrogens with two attached hydrogens (primary N) is 1. The summed E-state index contributed by atoms with van der Waals surface area (Å²) in [6, 6.07) is 11.9. The van der Waals surface area contributed by atoms with Crippen molar-refractivity contribution >= 4 is 33.2 Å². The maximum Gasteiger partial charge on any atom is 0.348 e. The summed E-state index contributed by atoms with van der Waals surface area (Å²) in [4.78, 5) is 17.2. The Morgan fingerprint density at radius 3 is 2.81 bits per heavy atom. The lowest BCUT2D eigenvalue weighted by molar-refractivity contribution is 0.0703. The van der Waals surface area contributed by atoms with Crippen molar-refractivity contribution in [3.8, 4) is 22.6 Å². The highest BCUT2D eigenvalue weighted by Gasteiger charge is 2.28. The molecule has 3 N–H and O–H groups in total. The summed E-state index contributed by atoms with van der Waals surface area (Å²) in [5.74, 6) is -0.344. The van der Waals surface area contributed by atoms with E-state index in [1.54, 1.807) is 6.26 Å². The first-order chi connectivity index (χ1) is 12.6. The Balaban J connectivity index is 1.95. The molecule has 128 valence electrons. The maximum absolute atomic E-state index is 11.6. The topological polar surface area (TPSA) is 89.4 Å². The number of nitrogens with zero attached hydrogens (tertiary/aromatic N) is 1. The highest BCUT2D eigenvalue weighted by Crippen LogP contribution is 2.46. The molecule has 0 atom stereocenters. The number of carboxylic acid groups (broad SMARTS) is 1. The molecule has 0 fully saturated rings. The van der Waals surface area contributed by atoms with E-state index in [1.165, 1.54) is 5.56 Å². The molecular formula is C20H14N2O3S. The Labute approximate surface area is 152 Å². The first kappa shape index (κ1) is 15.2. The van der Waals surface area contributed by atoms with E-state index in [9.17, 15) is 9.90 Å². The number of benzene rings is 1. The van der Waals surface area contributed by atoms with Gasteiger partial charge in [-0.15, -0.1) is 11.3 Å². The van der Waals surface area contributed by atoms with Gasteiger partial charge < -0.3 is 15.3 Å². The fourth-order valence-corrected chi connectivity index (χ4v) is 4.68. The van der Waals surface area contributed by atoms with Crippen molar-refractivity contribution in [2.24, 2.45) is 0 Å². The summed E-state index contributed by atoms with van der Waals surface area (Å²) in [6.45, 7) is 0. The van der Waals surface area contributed by atoms with Crippen molar-refractivity contribution in [3.63, 3.8) is 0 Å². The largest absolute Gasteiger partial charge is 0.477 e. The fourth-order valence-electron chi connectivity index (χ4n) is 3.74. The number of hydrogen-bond donors (Lipinski definition) is 2. The normalized spacial score (nSPS) is 12.8. The van der Waals surface area contributed by atoms with E-state index in [-0.39, 0.29) is 10.6 Å². The molecule has 5 nitrogen and oxygen atoms in total. The van der Waals surface area contributed by atoms with Gasteiger partial charge in [0.2, 0.25) is 0 Å². The number of carboxylic acids is 1. The van der Waals surface area contributed by atoms with Crippen LogP contribution in [0, 0.1) is 0 Å². The number of carbonyl (C=O) groups is 1. The Morgan fingerprint density at radius 2 is 2.04 bits per heavy atom. The number of hydrogen-bond acceptors (Lipinski definition) is 5. The SMILES string of the molecule is Nc1c(C(=O)O)sc2nc3c(c(-c4ccco4)c12)CCc1ccccc1-3. The molecule has 1 aliphatic carbocycles. The molecule has 5 rings (SSSR count). The van der Waals surface area contributed by atoms with Gasteiger partial charge in [0.25, 0.3) is 0 Å². The van der Waals surface area contributed by atoms with Crippen LogP contribution in [-0.4, -0.2) is 16.1 Å². The first-order valence-corrected chi connectivity index (χ1v) is 9.07. The van der Waals surface area contributed by atoms with Gasteiger partial charge >= 0.3 is 5.97 Å². The molecule has 0 unspecified atom stereocenters. The van der Waals surface area contributed by atoms with Crippen molar-refractivity contribution in [1.29, 1.82) is 0 Å². The number of aromatic nitrogens is 1. The second kappa shape index (κ2) is 5.44. The van der Waals surface area contributed by atoms with Gasteiger partial charge in [0.1, 0.15) is 15.5 Å². The summed E-state index contributed by atoms with van der Waals surface area (Å²) in [5.41, 5.74) is 11.6. The fraction of sp³-hybridized carbons (Fsp3) is 0.100. The van der Waals surface area contributed by atoms with E-state index in [4.69, 9.17) is 15.1 Å². The molecule has 1 aliphatic rings. The van der Waals surface area contributed by atoms with E-state index in [1.807, 2.05) is 24.3 Å². The van der Waals surface area contributed by atoms with Crippen LogP contribution in [0.15, 0.2) is 47.1 Å². The van der Waals surface area contributed by atoms with E-state index >= 15 is 0 Å². The molecule has 0 bridgehead atoms. The highest BCUT2D eigenvalue weighted by molar-refractivity contribution is 7.21. The number of aryl methyl sites for hydroxylation is 1. The van der Waals surface area contributed by atoms with Crippen LogP contribution in [0.1, 0.15) is 20.8 Å². The molecule has 3 aromatic heterocycles. The van der Waals surface area contributed by atoms with Crippen LogP contribution in [0.25, 0.3) is 32.8 Å². The molecule has 6 heteroatoms. The summed E-state index contributed by atoms with van der Waals surface area (Å²) < 4.78 is 5.68. The van der Waals surface area contributed by atoms with Crippen LogP contribution >= 0.6 is 11.3 Å². The Hall–Kier alpha value is -3.12. The van der Waals surface area contributed by atoms with Gasteiger partial charge in [-0.25, -0.2) is 9.78 Å². The quantitative estimate of drug-likeness (QED) is 0.544. The molecule has 1 aromatic carbocycles. The van der Waals surface area contributed by atoms with Crippen molar-refractivity contribution in [3.05, 3.63) is 58.7 Å². The van der Waals surface area contributed by atoms with E-state index in [0.29, 0.717) is 16.0 Å². The summed E-state index contributed by atoms with van der Waals surface area (Å²) in [6.07, 6.45) is 3.33. The summed E-state index contributed by atoms with van der Waals surface area (Å²) >= 11 is 1.11. The molecule has 0 aliphatic heterocycles. The van der Waals surface area contributed by atoms with Gasteiger partial charge in [-0.05, 0) is 36.1 Å². The molecule has 4 aromatic rings. The van der Waals surface area contributed by atoms with Crippen LogP contribution in [0.3, 0.4) is 0 Å². The van der Waals surface area contributed by atoms with Crippen LogP contribution in [-0.2, 0) is 12.8 Å². The third kappa shape index (κ3) is 2.02. The minimum absolute atomic E-state index is 0.121. The number of fused-ring (bicyclic) bond motifs is 4. The number of furan rings is 1. The minimum atomic E-state index is -1.03. The van der Waals surface area contributed by atoms with Gasteiger partial charge in [0.05, 0.1) is 17.6 Å². The molecular weight excluding hydrogens is 348 g/mol. The number of aromatic carboxylic acids is 1. The van der Waals surface area contributed by atoms with Crippen LogP contribution < -0.4 is 5.73 Å². The van der Waals surface area contributed by atoms with Gasteiger partial charge in [0.15, 0.2) is 0 Å².